The molecule has 0 bridgehead atoms. The van der Waals surface area contributed by atoms with Crippen LogP contribution in [0.2, 0.25) is 0 Å². The number of hydrogen-bond donors (Lipinski definition) is 3. The van der Waals surface area contributed by atoms with Gasteiger partial charge in [0.05, 0.1) is 6.20 Å². The molecule has 0 amide bonds. The quantitative estimate of drug-likeness (QED) is 0.558. The maximum absolute atomic E-state index is 12.1. The first-order valence-corrected chi connectivity index (χ1v) is 6.39. The van der Waals surface area contributed by atoms with E-state index in [1.807, 2.05) is 0 Å². The van der Waals surface area contributed by atoms with Gasteiger partial charge in [0.2, 0.25) is 11.9 Å². The van der Waals surface area contributed by atoms with E-state index in [0.29, 0.717) is 5.69 Å². The zero-order chi connectivity index (χ0) is 17.6. The minimum Gasteiger partial charge on any atom is -0.406 e. The summed E-state index contributed by atoms with van der Waals surface area (Å²) in [6, 6.07) is 4.92. The predicted molar refractivity (Wildman–Crippen MR) is 88.9 cm³/mol. The van der Waals surface area contributed by atoms with E-state index >= 15 is 0 Å². The van der Waals surface area contributed by atoms with Crippen molar-refractivity contribution < 1.29 is 17.9 Å². The third-order valence-electron chi connectivity index (χ3n) is 2.37. The number of nitrogens with zero attached hydrogens (tertiary/aromatic N) is 4. The van der Waals surface area contributed by atoms with Crippen LogP contribution in [0.1, 0.15) is 0 Å². The molecule has 1 aromatic carbocycles. The third-order valence-corrected chi connectivity index (χ3v) is 2.37. The molecule has 1 aromatic heterocycles. The summed E-state index contributed by atoms with van der Waals surface area (Å²) < 4.78 is 39.9. The largest absolute Gasteiger partial charge is 0.573 e. The molecule has 0 saturated heterocycles. The van der Waals surface area contributed by atoms with Crippen LogP contribution in [-0.2, 0) is 0 Å². The Hall–Kier alpha value is -3.08. The van der Waals surface area contributed by atoms with Crippen LogP contribution in [0.4, 0.5) is 24.7 Å². The molecule has 0 spiro atoms. The Balaban J connectivity index is 0.00000312. The standard InChI is InChI=1S/C13H12F3N7O.ClH/c14-13(15,16)24-9-3-1-8(2-4-9)21-11(17)23-12(18)22-10-7-19-5-6-20-10;/h1-7H,(H5,17,18,20,21,22,23);1H. The smallest absolute Gasteiger partial charge is 0.406 e. The summed E-state index contributed by atoms with van der Waals surface area (Å²) in [6.07, 6.45) is -0.464. The van der Waals surface area contributed by atoms with Gasteiger partial charge < -0.3 is 21.5 Å². The van der Waals surface area contributed by atoms with E-state index in [4.69, 9.17) is 11.5 Å². The fraction of sp³-hybridized carbons (Fsp3) is 0.0769. The molecule has 2 aromatic rings. The lowest BCUT2D eigenvalue weighted by Gasteiger charge is -2.10. The molecule has 12 heteroatoms. The SMILES string of the molecule is Cl.NC(=Nc1cnccn1)N=C(N)Nc1ccc(OC(F)(F)F)cc1. The van der Waals surface area contributed by atoms with Crippen molar-refractivity contribution in [3.8, 4) is 5.75 Å². The monoisotopic (exact) mass is 375 g/mol. The first-order chi connectivity index (χ1) is 11.3. The third kappa shape index (κ3) is 7.35. The van der Waals surface area contributed by atoms with Crippen LogP contribution in [0.25, 0.3) is 0 Å². The fourth-order valence-electron chi connectivity index (χ4n) is 1.53. The van der Waals surface area contributed by atoms with Crippen molar-refractivity contribution in [1.82, 2.24) is 9.97 Å². The number of alkyl halides is 3. The zero-order valence-corrected chi connectivity index (χ0v) is 13.3. The van der Waals surface area contributed by atoms with Crippen molar-refractivity contribution in [3.05, 3.63) is 42.9 Å². The number of anilines is 1. The van der Waals surface area contributed by atoms with Gasteiger partial charge in [-0.25, -0.2) is 4.98 Å². The summed E-state index contributed by atoms with van der Waals surface area (Å²) in [5.74, 6) is -0.380. The van der Waals surface area contributed by atoms with Gasteiger partial charge in [-0.3, -0.25) is 4.98 Å². The predicted octanol–water partition coefficient (Wildman–Crippen LogP) is 2.17. The Bertz CT molecular complexity index is 736. The number of benzene rings is 1. The van der Waals surface area contributed by atoms with E-state index in [2.05, 4.69) is 30.0 Å². The van der Waals surface area contributed by atoms with Crippen LogP contribution in [-0.4, -0.2) is 28.2 Å². The highest BCUT2D eigenvalue weighted by atomic mass is 35.5. The molecular formula is C13H13ClF3N7O. The van der Waals surface area contributed by atoms with Crippen LogP contribution in [0.3, 0.4) is 0 Å². The maximum atomic E-state index is 12.1. The second kappa shape index (κ2) is 8.68. The average molecular weight is 376 g/mol. The second-order valence-corrected chi connectivity index (χ2v) is 4.23. The number of halogens is 4. The highest BCUT2D eigenvalue weighted by Gasteiger charge is 2.30. The molecule has 0 radical (unpaired) electrons. The lowest BCUT2D eigenvalue weighted by atomic mass is 10.3. The summed E-state index contributed by atoms with van der Waals surface area (Å²) >= 11 is 0. The van der Waals surface area contributed by atoms with Crippen LogP contribution in [0.5, 0.6) is 5.75 Å². The normalized spacial score (nSPS) is 12.3. The summed E-state index contributed by atoms with van der Waals surface area (Å²) in [4.78, 5) is 15.3. The molecule has 0 aliphatic heterocycles. The van der Waals surface area contributed by atoms with Gasteiger partial charge >= 0.3 is 6.36 Å². The molecule has 1 heterocycles. The van der Waals surface area contributed by atoms with E-state index in [1.54, 1.807) is 0 Å². The van der Waals surface area contributed by atoms with Gasteiger partial charge in [-0.05, 0) is 24.3 Å². The summed E-state index contributed by atoms with van der Waals surface area (Å²) in [5.41, 5.74) is 11.6. The van der Waals surface area contributed by atoms with E-state index in [1.165, 1.54) is 30.7 Å². The van der Waals surface area contributed by atoms with Crippen molar-refractivity contribution in [2.24, 2.45) is 21.5 Å². The number of ether oxygens (including phenoxy) is 1. The van der Waals surface area contributed by atoms with Gasteiger partial charge in [-0.15, -0.1) is 25.6 Å². The minimum absolute atomic E-state index is 0. The fourth-order valence-corrected chi connectivity index (χ4v) is 1.53. The topological polar surface area (TPSA) is 124 Å². The number of aliphatic imine (C=N–C) groups is 2. The Labute approximate surface area is 146 Å². The lowest BCUT2D eigenvalue weighted by Crippen LogP contribution is -2.26. The summed E-state index contributed by atoms with van der Waals surface area (Å²) in [5, 5.41) is 2.64. The van der Waals surface area contributed by atoms with Crippen LogP contribution >= 0.6 is 12.4 Å². The summed E-state index contributed by atoms with van der Waals surface area (Å²) in [7, 11) is 0. The van der Waals surface area contributed by atoms with Crippen molar-refractivity contribution >= 4 is 35.8 Å². The Morgan fingerprint density at radius 2 is 1.80 bits per heavy atom. The molecule has 0 unspecified atom stereocenters. The molecule has 8 nitrogen and oxygen atoms in total. The van der Waals surface area contributed by atoms with Gasteiger partial charge in [0, 0.05) is 18.1 Å². The van der Waals surface area contributed by atoms with Gasteiger partial charge in [0.15, 0.2) is 5.82 Å². The molecule has 0 aliphatic carbocycles. The minimum atomic E-state index is -4.75. The summed E-state index contributed by atoms with van der Waals surface area (Å²) in [6.45, 7) is 0. The molecule has 5 N–H and O–H groups in total. The molecule has 25 heavy (non-hydrogen) atoms. The number of guanidine groups is 2. The van der Waals surface area contributed by atoms with Gasteiger partial charge in [0.1, 0.15) is 5.75 Å². The highest BCUT2D eigenvalue weighted by molar-refractivity contribution is 6.01. The number of hydrogen-bond acceptors (Lipinski definition) is 4. The van der Waals surface area contributed by atoms with Crippen LogP contribution < -0.4 is 21.5 Å². The van der Waals surface area contributed by atoms with Gasteiger partial charge in [-0.2, -0.15) is 9.98 Å². The molecule has 0 atom stereocenters. The van der Waals surface area contributed by atoms with Crippen molar-refractivity contribution in [1.29, 1.82) is 0 Å². The van der Waals surface area contributed by atoms with Crippen molar-refractivity contribution in [2.45, 2.75) is 6.36 Å². The number of nitrogens with two attached hydrogens (primary N) is 2. The average Bonchev–Trinajstić information content (AvgIpc) is 2.48. The Kier molecular flexibility index (Phi) is 6.93. The molecular weight excluding hydrogens is 363 g/mol. The van der Waals surface area contributed by atoms with E-state index in [9.17, 15) is 13.2 Å². The maximum Gasteiger partial charge on any atom is 0.573 e. The number of rotatable bonds is 3. The highest BCUT2D eigenvalue weighted by Crippen LogP contribution is 2.23. The van der Waals surface area contributed by atoms with E-state index in [0.717, 1.165) is 12.1 Å². The first kappa shape index (κ1) is 20.0. The molecule has 0 fully saturated rings. The second-order valence-electron chi connectivity index (χ2n) is 4.23. The zero-order valence-electron chi connectivity index (χ0n) is 12.4. The number of nitrogens with one attached hydrogen (secondary N) is 1. The van der Waals surface area contributed by atoms with E-state index < -0.39 is 6.36 Å². The van der Waals surface area contributed by atoms with Crippen LogP contribution in [0.15, 0.2) is 52.8 Å². The molecule has 0 saturated carbocycles. The van der Waals surface area contributed by atoms with Crippen molar-refractivity contribution in [2.75, 3.05) is 5.32 Å². The van der Waals surface area contributed by atoms with Crippen LogP contribution in [0, 0.1) is 0 Å². The Morgan fingerprint density at radius 1 is 1.12 bits per heavy atom. The Morgan fingerprint density at radius 3 is 2.36 bits per heavy atom. The lowest BCUT2D eigenvalue weighted by molar-refractivity contribution is -0.274. The molecule has 0 aliphatic rings. The first-order valence-electron chi connectivity index (χ1n) is 6.39. The van der Waals surface area contributed by atoms with Gasteiger partial charge in [-0.1, -0.05) is 0 Å². The van der Waals surface area contributed by atoms with Gasteiger partial charge in [0.25, 0.3) is 0 Å². The molecule has 134 valence electrons. The molecule has 2 rings (SSSR count). The van der Waals surface area contributed by atoms with Crippen molar-refractivity contribution in [3.63, 3.8) is 0 Å². The van der Waals surface area contributed by atoms with E-state index in [-0.39, 0.29) is 35.9 Å². The number of aromatic nitrogens is 2.